The van der Waals surface area contributed by atoms with Gasteiger partial charge in [0.15, 0.2) is 11.5 Å². The molecule has 0 atom stereocenters. The number of hydrogen-bond acceptors (Lipinski definition) is 6. The van der Waals surface area contributed by atoms with Crippen LogP contribution in [0.1, 0.15) is 32.3 Å². The zero-order valence-electron chi connectivity index (χ0n) is 18.9. The Balaban J connectivity index is 1.33. The lowest BCUT2D eigenvalue weighted by molar-refractivity contribution is -0.118. The minimum absolute atomic E-state index is 0.114. The molecule has 1 saturated carbocycles. The fraction of sp³-hybridized carbons (Fsp3) is 0.280. The number of amides is 1. The van der Waals surface area contributed by atoms with E-state index in [0.29, 0.717) is 23.0 Å². The number of carbonyl (C=O) groups is 1. The first-order valence-corrected chi connectivity index (χ1v) is 12.6. The molecule has 1 aliphatic carbocycles. The summed E-state index contributed by atoms with van der Waals surface area (Å²) in [6.45, 7) is 3.73. The number of anilines is 1. The Morgan fingerprint density at radius 2 is 1.74 bits per heavy atom. The molecule has 2 heterocycles. The molecule has 2 aliphatic rings. The van der Waals surface area contributed by atoms with Crippen molar-refractivity contribution < 1.29 is 22.7 Å². The minimum atomic E-state index is -3.57. The van der Waals surface area contributed by atoms with E-state index in [4.69, 9.17) is 9.47 Å². The minimum Gasteiger partial charge on any atom is -0.454 e. The summed E-state index contributed by atoms with van der Waals surface area (Å²) < 4.78 is 38.1. The predicted molar refractivity (Wildman–Crippen MR) is 127 cm³/mol. The van der Waals surface area contributed by atoms with Gasteiger partial charge in [-0.05, 0) is 68.7 Å². The van der Waals surface area contributed by atoms with Gasteiger partial charge in [0.05, 0.1) is 16.0 Å². The van der Waals surface area contributed by atoms with Crippen molar-refractivity contribution in [2.75, 3.05) is 12.1 Å². The number of hydrogen-bond donors (Lipinski definition) is 2. The Morgan fingerprint density at radius 1 is 1.00 bits per heavy atom. The third-order valence-electron chi connectivity index (χ3n) is 5.95. The van der Waals surface area contributed by atoms with Gasteiger partial charge >= 0.3 is 0 Å². The highest BCUT2D eigenvalue weighted by atomic mass is 32.2. The SMILES string of the molecule is CC(C)NS(=O)(=O)c1ccc(-c2cccc(NC(=O)C3(c4ccc5c(c4)OCO5)CC3)n2)cc1. The highest BCUT2D eigenvalue weighted by molar-refractivity contribution is 7.89. The van der Waals surface area contributed by atoms with Crippen molar-refractivity contribution in [3.63, 3.8) is 0 Å². The average Bonchev–Trinajstić information content (AvgIpc) is 3.49. The van der Waals surface area contributed by atoms with Gasteiger partial charge in [0.2, 0.25) is 22.7 Å². The van der Waals surface area contributed by atoms with Crippen LogP contribution in [0, 0.1) is 0 Å². The smallest absolute Gasteiger partial charge is 0.240 e. The molecule has 5 rings (SSSR count). The van der Waals surface area contributed by atoms with Crippen LogP contribution in [-0.2, 0) is 20.2 Å². The highest BCUT2D eigenvalue weighted by Crippen LogP contribution is 2.51. The van der Waals surface area contributed by atoms with E-state index in [1.807, 2.05) is 30.3 Å². The topological polar surface area (TPSA) is 107 Å². The molecular formula is C25H25N3O5S. The third-order valence-corrected chi connectivity index (χ3v) is 7.63. The summed E-state index contributed by atoms with van der Waals surface area (Å²) in [5, 5.41) is 2.95. The molecule has 0 unspecified atom stereocenters. The maximum absolute atomic E-state index is 13.2. The molecule has 0 saturated heterocycles. The molecule has 1 fully saturated rings. The Labute approximate surface area is 198 Å². The molecule has 1 aromatic heterocycles. The average molecular weight is 480 g/mol. The van der Waals surface area contributed by atoms with Gasteiger partial charge < -0.3 is 14.8 Å². The first-order chi connectivity index (χ1) is 16.3. The quantitative estimate of drug-likeness (QED) is 0.533. The number of carbonyl (C=O) groups excluding carboxylic acids is 1. The number of aromatic nitrogens is 1. The summed E-state index contributed by atoms with van der Waals surface area (Å²) in [4.78, 5) is 18.0. The molecule has 9 heteroatoms. The normalized spacial score (nSPS) is 15.9. The zero-order chi connectivity index (χ0) is 23.9. The Morgan fingerprint density at radius 3 is 2.44 bits per heavy atom. The van der Waals surface area contributed by atoms with E-state index in [1.165, 1.54) is 0 Å². The van der Waals surface area contributed by atoms with Crippen molar-refractivity contribution in [1.29, 1.82) is 0 Å². The Hall–Kier alpha value is -3.43. The molecule has 2 aromatic carbocycles. The lowest BCUT2D eigenvalue weighted by atomic mass is 9.94. The van der Waals surface area contributed by atoms with Crippen LogP contribution in [-0.4, -0.2) is 32.1 Å². The molecule has 8 nitrogen and oxygen atoms in total. The van der Waals surface area contributed by atoms with Gasteiger partial charge in [-0.1, -0.05) is 24.3 Å². The Bertz CT molecular complexity index is 1350. The van der Waals surface area contributed by atoms with E-state index in [9.17, 15) is 13.2 Å². The largest absolute Gasteiger partial charge is 0.454 e. The monoisotopic (exact) mass is 479 g/mol. The standard InChI is InChI=1S/C25H25N3O5S/c1-16(2)28-34(30,31)19-9-6-17(7-10-19)20-4-3-5-23(26-20)27-24(29)25(12-13-25)18-8-11-21-22(14-18)33-15-32-21/h3-11,14,16,28H,12-13,15H2,1-2H3,(H,26,27,29). The van der Waals surface area contributed by atoms with Crippen LogP contribution in [0.5, 0.6) is 11.5 Å². The molecule has 0 bridgehead atoms. The number of benzene rings is 2. The highest BCUT2D eigenvalue weighted by Gasteiger charge is 2.51. The van der Waals surface area contributed by atoms with E-state index in [1.54, 1.807) is 44.2 Å². The van der Waals surface area contributed by atoms with E-state index in [0.717, 1.165) is 24.0 Å². The van der Waals surface area contributed by atoms with E-state index < -0.39 is 15.4 Å². The zero-order valence-corrected chi connectivity index (χ0v) is 19.7. The van der Waals surface area contributed by atoms with E-state index >= 15 is 0 Å². The third kappa shape index (κ3) is 4.24. The van der Waals surface area contributed by atoms with Crippen LogP contribution < -0.4 is 19.5 Å². The lowest BCUT2D eigenvalue weighted by Gasteiger charge is -2.16. The molecule has 1 aliphatic heterocycles. The number of sulfonamides is 1. The molecule has 1 amide bonds. The van der Waals surface area contributed by atoms with Gasteiger partial charge in [0, 0.05) is 11.6 Å². The summed E-state index contributed by atoms with van der Waals surface area (Å²) in [6, 6.07) is 17.3. The number of rotatable bonds is 7. The summed E-state index contributed by atoms with van der Waals surface area (Å²) in [5.74, 6) is 1.67. The van der Waals surface area contributed by atoms with Gasteiger partial charge in [-0.15, -0.1) is 0 Å². The van der Waals surface area contributed by atoms with Crippen LogP contribution in [0.15, 0.2) is 65.6 Å². The second kappa shape index (κ2) is 8.41. The fourth-order valence-corrected chi connectivity index (χ4v) is 5.30. The summed E-state index contributed by atoms with van der Waals surface area (Å²) in [7, 11) is -3.57. The fourth-order valence-electron chi connectivity index (χ4n) is 4.05. The van der Waals surface area contributed by atoms with E-state index in [-0.39, 0.29) is 23.6 Å². The van der Waals surface area contributed by atoms with Crippen LogP contribution in [0.25, 0.3) is 11.3 Å². The molecule has 0 radical (unpaired) electrons. The number of nitrogens with one attached hydrogen (secondary N) is 2. The van der Waals surface area contributed by atoms with Gasteiger partial charge in [-0.3, -0.25) is 4.79 Å². The van der Waals surface area contributed by atoms with Crippen molar-refractivity contribution in [3.8, 4) is 22.8 Å². The molecular weight excluding hydrogens is 454 g/mol. The van der Waals surface area contributed by atoms with Gasteiger partial charge in [-0.25, -0.2) is 18.1 Å². The van der Waals surface area contributed by atoms with Gasteiger partial charge in [-0.2, -0.15) is 0 Å². The van der Waals surface area contributed by atoms with Crippen LogP contribution in [0.4, 0.5) is 5.82 Å². The van der Waals surface area contributed by atoms with Gasteiger partial charge in [0.25, 0.3) is 0 Å². The lowest BCUT2D eigenvalue weighted by Crippen LogP contribution is -2.30. The summed E-state index contributed by atoms with van der Waals surface area (Å²) >= 11 is 0. The molecule has 3 aromatic rings. The summed E-state index contributed by atoms with van der Waals surface area (Å²) in [6.07, 6.45) is 1.50. The maximum Gasteiger partial charge on any atom is 0.240 e. The maximum atomic E-state index is 13.2. The predicted octanol–water partition coefficient (Wildman–Crippen LogP) is 3.83. The van der Waals surface area contributed by atoms with Crippen LogP contribution >= 0.6 is 0 Å². The second-order valence-electron chi connectivity index (χ2n) is 8.81. The first-order valence-electron chi connectivity index (χ1n) is 11.1. The van der Waals surface area contributed by atoms with Crippen LogP contribution in [0.2, 0.25) is 0 Å². The number of nitrogens with zero attached hydrogens (tertiary/aromatic N) is 1. The molecule has 0 spiro atoms. The van der Waals surface area contributed by atoms with Crippen molar-refractivity contribution in [2.24, 2.45) is 0 Å². The first kappa shape index (κ1) is 22.4. The van der Waals surface area contributed by atoms with Crippen molar-refractivity contribution in [1.82, 2.24) is 9.71 Å². The Kier molecular flexibility index (Phi) is 5.53. The molecule has 2 N–H and O–H groups in total. The van der Waals surface area contributed by atoms with Gasteiger partial charge in [0.1, 0.15) is 5.82 Å². The number of pyridine rings is 1. The summed E-state index contributed by atoms with van der Waals surface area (Å²) in [5.41, 5.74) is 1.68. The van der Waals surface area contributed by atoms with Crippen molar-refractivity contribution in [3.05, 3.63) is 66.2 Å². The molecule has 34 heavy (non-hydrogen) atoms. The van der Waals surface area contributed by atoms with Crippen molar-refractivity contribution >= 4 is 21.7 Å². The van der Waals surface area contributed by atoms with Crippen molar-refractivity contribution in [2.45, 2.75) is 43.0 Å². The number of ether oxygens (including phenoxy) is 2. The number of fused-ring (bicyclic) bond motifs is 1. The molecule has 176 valence electrons. The van der Waals surface area contributed by atoms with E-state index in [2.05, 4.69) is 15.0 Å². The second-order valence-corrected chi connectivity index (χ2v) is 10.5. The van der Waals surface area contributed by atoms with Crippen LogP contribution in [0.3, 0.4) is 0 Å².